The minimum atomic E-state index is -0.629. The number of hydrogen-bond donors (Lipinski definition) is 1. The summed E-state index contributed by atoms with van der Waals surface area (Å²) in [6.45, 7) is 1.74. The lowest BCUT2D eigenvalue weighted by Gasteiger charge is -2.13. The number of amides is 1. The Bertz CT molecular complexity index is 865. The number of nitrogens with zero attached hydrogens (tertiary/aromatic N) is 2. The maximum absolute atomic E-state index is 11.5. The standard InChI is InChI=1S/C17H14ClN3O3/c1-10(23-14-8-7-12(18)9-13(14)15(19)22)16-20-21-17(24-16)11-5-3-2-4-6-11/h2-10H,1H3,(H2,19,22)/t10-/m0/s1. The molecule has 1 atom stereocenters. The molecule has 0 radical (unpaired) electrons. The second-order valence-electron chi connectivity index (χ2n) is 5.08. The lowest BCUT2D eigenvalue weighted by Crippen LogP contribution is -2.14. The molecule has 6 nitrogen and oxygen atoms in total. The average Bonchev–Trinajstić information content (AvgIpc) is 3.07. The van der Waals surface area contributed by atoms with Gasteiger partial charge in [-0.05, 0) is 37.3 Å². The maximum Gasteiger partial charge on any atom is 0.257 e. The predicted octanol–water partition coefficient (Wildman–Crippen LogP) is 3.63. The molecule has 0 aliphatic rings. The van der Waals surface area contributed by atoms with Gasteiger partial charge in [0, 0.05) is 10.6 Å². The zero-order valence-corrected chi connectivity index (χ0v) is 13.5. The number of carbonyl (C=O) groups is 1. The second-order valence-corrected chi connectivity index (χ2v) is 5.51. The zero-order valence-electron chi connectivity index (χ0n) is 12.8. The van der Waals surface area contributed by atoms with Crippen molar-refractivity contribution in [2.75, 3.05) is 0 Å². The van der Waals surface area contributed by atoms with Crippen LogP contribution in [0.4, 0.5) is 0 Å². The Morgan fingerprint density at radius 2 is 1.96 bits per heavy atom. The number of carbonyl (C=O) groups excluding carboxylic acids is 1. The lowest BCUT2D eigenvalue weighted by atomic mass is 10.2. The third-order valence-electron chi connectivity index (χ3n) is 3.32. The van der Waals surface area contributed by atoms with Gasteiger partial charge in [0.15, 0.2) is 6.10 Å². The summed E-state index contributed by atoms with van der Waals surface area (Å²) >= 11 is 5.88. The van der Waals surface area contributed by atoms with Crippen molar-refractivity contribution in [3.05, 3.63) is 65.0 Å². The highest BCUT2D eigenvalue weighted by Crippen LogP contribution is 2.28. The third kappa shape index (κ3) is 3.38. The van der Waals surface area contributed by atoms with Gasteiger partial charge in [-0.1, -0.05) is 29.8 Å². The van der Waals surface area contributed by atoms with Crippen molar-refractivity contribution in [2.45, 2.75) is 13.0 Å². The van der Waals surface area contributed by atoms with Crippen molar-refractivity contribution in [1.29, 1.82) is 0 Å². The first-order valence-electron chi connectivity index (χ1n) is 7.19. The van der Waals surface area contributed by atoms with Crippen molar-refractivity contribution in [1.82, 2.24) is 10.2 Å². The quantitative estimate of drug-likeness (QED) is 0.763. The van der Waals surface area contributed by atoms with Crippen LogP contribution in [0.3, 0.4) is 0 Å². The van der Waals surface area contributed by atoms with Crippen LogP contribution in [-0.4, -0.2) is 16.1 Å². The van der Waals surface area contributed by atoms with Crippen molar-refractivity contribution in [2.24, 2.45) is 5.73 Å². The molecule has 1 heterocycles. The van der Waals surface area contributed by atoms with Gasteiger partial charge in [-0.2, -0.15) is 0 Å². The SMILES string of the molecule is C[C@H](Oc1ccc(Cl)cc1C(N)=O)c1nnc(-c2ccccc2)o1. The summed E-state index contributed by atoms with van der Waals surface area (Å²) in [5, 5.41) is 8.40. The zero-order chi connectivity index (χ0) is 17.1. The van der Waals surface area contributed by atoms with Crippen LogP contribution >= 0.6 is 11.6 Å². The van der Waals surface area contributed by atoms with Gasteiger partial charge < -0.3 is 14.9 Å². The first kappa shape index (κ1) is 16.0. The maximum atomic E-state index is 11.5. The van der Waals surface area contributed by atoms with E-state index in [-0.39, 0.29) is 5.56 Å². The molecule has 0 unspecified atom stereocenters. The second kappa shape index (κ2) is 6.72. The monoisotopic (exact) mass is 343 g/mol. The molecule has 122 valence electrons. The van der Waals surface area contributed by atoms with E-state index in [1.807, 2.05) is 30.3 Å². The molecule has 7 heteroatoms. The number of rotatable bonds is 5. The van der Waals surface area contributed by atoms with Gasteiger partial charge in [-0.3, -0.25) is 4.79 Å². The summed E-state index contributed by atoms with van der Waals surface area (Å²) in [5.74, 6) is 0.362. The fourth-order valence-corrected chi connectivity index (χ4v) is 2.31. The Hall–Kier alpha value is -2.86. The number of nitrogens with two attached hydrogens (primary N) is 1. The van der Waals surface area contributed by atoms with Crippen LogP contribution in [0.5, 0.6) is 5.75 Å². The number of benzene rings is 2. The molecule has 0 bridgehead atoms. The van der Waals surface area contributed by atoms with E-state index in [0.29, 0.717) is 22.6 Å². The Kier molecular flexibility index (Phi) is 4.48. The lowest BCUT2D eigenvalue weighted by molar-refractivity contribution is 0.0991. The minimum Gasteiger partial charge on any atom is -0.480 e. The van der Waals surface area contributed by atoms with E-state index >= 15 is 0 Å². The van der Waals surface area contributed by atoms with Gasteiger partial charge in [0.1, 0.15) is 5.75 Å². The Morgan fingerprint density at radius 3 is 2.67 bits per heavy atom. The number of halogens is 1. The molecule has 3 rings (SSSR count). The van der Waals surface area contributed by atoms with E-state index in [0.717, 1.165) is 5.56 Å². The average molecular weight is 344 g/mol. The van der Waals surface area contributed by atoms with E-state index in [1.165, 1.54) is 6.07 Å². The van der Waals surface area contributed by atoms with Crippen LogP contribution in [-0.2, 0) is 0 Å². The molecule has 0 saturated heterocycles. The van der Waals surface area contributed by atoms with Gasteiger partial charge >= 0.3 is 0 Å². The van der Waals surface area contributed by atoms with Gasteiger partial charge in [-0.25, -0.2) is 0 Å². The van der Waals surface area contributed by atoms with Gasteiger partial charge in [0.2, 0.25) is 5.89 Å². The Balaban J connectivity index is 1.82. The molecular weight excluding hydrogens is 330 g/mol. The molecule has 1 amide bonds. The van der Waals surface area contributed by atoms with Crippen LogP contribution in [0.2, 0.25) is 5.02 Å². The van der Waals surface area contributed by atoms with Crippen molar-refractivity contribution < 1.29 is 13.9 Å². The molecular formula is C17H14ClN3O3. The van der Waals surface area contributed by atoms with Crippen molar-refractivity contribution >= 4 is 17.5 Å². The molecule has 0 spiro atoms. The van der Waals surface area contributed by atoms with Crippen LogP contribution in [0.15, 0.2) is 52.9 Å². The van der Waals surface area contributed by atoms with Gasteiger partial charge in [0.05, 0.1) is 5.56 Å². The van der Waals surface area contributed by atoms with Crippen molar-refractivity contribution in [3.8, 4) is 17.2 Å². The molecule has 0 fully saturated rings. The summed E-state index contributed by atoms with van der Waals surface area (Å²) < 4.78 is 11.4. The first-order chi connectivity index (χ1) is 11.5. The van der Waals surface area contributed by atoms with E-state index in [1.54, 1.807) is 19.1 Å². The fraction of sp³-hybridized carbons (Fsp3) is 0.118. The van der Waals surface area contributed by atoms with Crippen molar-refractivity contribution in [3.63, 3.8) is 0 Å². The highest BCUT2D eigenvalue weighted by Gasteiger charge is 2.19. The summed E-state index contributed by atoms with van der Waals surface area (Å²) in [6.07, 6.45) is -0.561. The number of primary amides is 1. The summed E-state index contributed by atoms with van der Waals surface area (Å²) in [6, 6.07) is 14.0. The Morgan fingerprint density at radius 1 is 1.21 bits per heavy atom. The van der Waals surface area contributed by atoms with E-state index in [9.17, 15) is 4.79 Å². The third-order valence-corrected chi connectivity index (χ3v) is 3.56. The fourth-order valence-electron chi connectivity index (χ4n) is 2.13. The van der Waals surface area contributed by atoms with E-state index < -0.39 is 12.0 Å². The molecule has 2 N–H and O–H groups in total. The molecule has 3 aromatic rings. The number of hydrogen-bond acceptors (Lipinski definition) is 5. The van der Waals surface area contributed by atoms with Gasteiger partial charge in [0.25, 0.3) is 11.8 Å². The molecule has 0 aliphatic carbocycles. The molecule has 2 aromatic carbocycles. The summed E-state index contributed by atoms with van der Waals surface area (Å²) in [4.78, 5) is 11.5. The van der Waals surface area contributed by atoms with Crippen LogP contribution in [0.1, 0.15) is 29.3 Å². The van der Waals surface area contributed by atoms with E-state index in [2.05, 4.69) is 10.2 Å². The molecule has 1 aromatic heterocycles. The first-order valence-corrected chi connectivity index (χ1v) is 7.57. The molecule has 0 saturated carbocycles. The number of aromatic nitrogens is 2. The predicted molar refractivity (Wildman–Crippen MR) is 88.7 cm³/mol. The highest BCUT2D eigenvalue weighted by atomic mass is 35.5. The van der Waals surface area contributed by atoms with Gasteiger partial charge in [-0.15, -0.1) is 10.2 Å². The van der Waals surface area contributed by atoms with Crippen LogP contribution in [0.25, 0.3) is 11.5 Å². The molecule has 24 heavy (non-hydrogen) atoms. The smallest absolute Gasteiger partial charge is 0.257 e. The number of ether oxygens (including phenoxy) is 1. The normalized spacial score (nSPS) is 11.9. The summed E-state index contributed by atoms with van der Waals surface area (Å²) in [5.41, 5.74) is 6.35. The largest absolute Gasteiger partial charge is 0.480 e. The van der Waals surface area contributed by atoms with Crippen LogP contribution in [0, 0.1) is 0 Å². The van der Waals surface area contributed by atoms with Crippen LogP contribution < -0.4 is 10.5 Å². The Labute approximate surface area is 143 Å². The molecule has 0 aliphatic heterocycles. The van der Waals surface area contributed by atoms with E-state index in [4.69, 9.17) is 26.5 Å². The minimum absolute atomic E-state index is 0.192. The summed E-state index contributed by atoms with van der Waals surface area (Å²) in [7, 11) is 0. The highest BCUT2D eigenvalue weighted by molar-refractivity contribution is 6.31. The topological polar surface area (TPSA) is 91.2 Å².